The fourth-order valence-corrected chi connectivity index (χ4v) is 2.67. The molecular formula is C12H15N3O4S. The van der Waals surface area contributed by atoms with Gasteiger partial charge in [-0.3, -0.25) is 0 Å². The fourth-order valence-electron chi connectivity index (χ4n) is 1.84. The maximum Gasteiger partial charge on any atom is 0.253 e. The van der Waals surface area contributed by atoms with E-state index >= 15 is 0 Å². The van der Waals surface area contributed by atoms with Crippen molar-refractivity contribution in [1.82, 2.24) is 10.2 Å². The molecule has 2 N–H and O–H groups in total. The van der Waals surface area contributed by atoms with Crippen molar-refractivity contribution in [3.8, 4) is 5.75 Å². The molecule has 0 aliphatic carbocycles. The van der Waals surface area contributed by atoms with Crippen LogP contribution in [0.4, 0.5) is 0 Å². The van der Waals surface area contributed by atoms with Crippen molar-refractivity contribution < 1.29 is 17.6 Å². The van der Waals surface area contributed by atoms with Crippen LogP contribution in [0, 0.1) is 20.8 Å². The predicted octanol–water partition coefficient (Wildman–Crippen LogP) is 1.22. The fraction of sp³-hybridized carbons (Fsp3) is 0.333. The van der Waals surface area contributed by atoms with Crippen LogP contribution in [-0.2, 0) is 16.6 Å². The first-order valence-electron chi connectivity index (χ1n) is 5.83. The number of rotatable bonds is 4. The standard InChI is InChI=1S/C12H15N3O4S/c1-7-4-8(2)12(10(5-7)20(13,16)17)18-6-11-15-14-9(3)19-11/h4-5H,6H2,1-3H3,(H2,13,16,17). The van der Waals surface area contributed by atoms with E-state index in [0.717, 1.165) is 5.56 Å². The van der Waals surface area contributed by atoms with Gasteiger partial charge >= 0.3 is 0 Å². The van der Waals surface area contributed by atoms with E-state index in [0.29, 0.717) is 11.5 Å². The molecule has 0 saturated heterocycles. The van der Waals surface area contributed by atoms with Gasteiger partial charge in [0.25, 0.3) is 5.89 Å². The van der Waals surface area contributed by atoms with Crippen molar-refractivity contribution in [2.75, 3.05) is 0 Å². The smallest absolute Gasteiger partial charge is 0.253 e. The number of benzene rings is 1. The lowest BCUT2D eigenvalue weighted by Crippen LogP contribution is -2.15. The van der Waals surface area contributed by atoms with Gasteiger partial charge in [0.1, 0.15) is 10.6 Å². The second-order valence-electron chi connectivity index (χ2n) is 4.46. The van der Waals surface area contributed by atoms with Crippen LogP contribution in [0.15, 0.2) is 21.4 Å². The molecular weight excluding hydrogens is 282 g/mol. The molecule has 7 nitrogen and oxygen atoms in total. The van der Waals surface area contributed by atoms with Gasteiger partial charge in [0.15, 0.2) is 6.61 Å². The maximum atomic E-state index is 11.6. The zero-order valence-electron chi connectivity index (χ0n) is 11.4. The molecule has 2 rings (SSSR count). The number of aromatic nitrogens is 2. The molecule has 0 aliphatic heterocycles. The summed E-state index contributed by atoms with van der Waals surface area (Å²) in [5.74, 6) is 0.882. The van der Waals surface area contributed by atoms with Crippen molar-refractivity contribution in [3.05, 3.63) is 35.0 Å². The van der Waals surface area contributed by atoms with Crippen molar-refractivity contribution in [3.63, 3.8) is 0 Å². The molecule has 0 bridgehead atoms. The highest BCUT2D eigenvalue weighted by Gasteiger charge is 2.19. The number of hydrogen-bond acceptors (Lipinski definition) is 6. The molecule has 1 aromatic heterocycles. The molecule has 0 spiro atoms. The first-order chi connectivity index (χ1) is 9.27. The zero-order chi connectivity index (χ0) is 14.9. The molecule has 0 aliphatic rings. The van der Waals surface area contributed by atoms with Crippen LogP contribution in [0.1, 0.15) is 22.9 Å². The van der Waals surface area contributed by atoms with Crippen molar-refractivity contribution in [2.45, 2.75) is 32.3 Å². The summed E-state index contributed by atoms with van der Waals surface area (Å²) < 4.78 is 33.9. The summed E-state index contributed by atoms with van der Waals surface area (Å²) in [6, 6.07) is 3.28. The average Bonchev–Trinajstić information content (AvgIpc) is 2.72. The summed E-state index contributed by atoms with van der Waals surface area (Å²) >= 11 is 0. The number of nitrogens with two attached hydrogens (primary N) is 1. The van der Waals surface area contributed by atoms with Gasteiger partial charge in [-0.1, -0.05) is 6.07 Å². The maximum absolute atomic E-state index is 11.6. The second kappa shape index (κ2) is 5.22. The van der Waals surface area contributed by atoms with Gasteiger partial charge in [-0.15, -0.1) is 10.2 Å². The zero-order valence-corrected chi connectivity index (χ0v) is 12.2. The topological polar surface area (TPSA) is 108 Å². The van der Waals surface area contributed by atoms with E-state index in [1.54, 1.807) is 20.8 Å². The van der Waals surface area contributed by atoms with E-state index < -0.39 is 10.0 Å². The molecule has 2 aromatic rings. The Hall–Kier alpha value is -1.93. The van der Waals surface area contributed by atoms with Crippen LogP contribution >= 0.6 is 0 Å². The number of hydrogen-bond donors (Lipinski definition) is 1. The lowest BCUT2D eigenvalue weighted by molar-refractivity contribution is 0.253. The van der Waals surface area contributed by atoms with Crippen LogP contribution in [0.25, 0.3) is 0 Å². The summed E-state index contributed by atoms with van der Waals surface area (Å²) in [5.41, 5.74) is 1.46. The molecule has 108 valence electrons. The largest absolute Gasteiger partial charge is 0.482 e. The number of sulfonamides is 1. The third kappa shape index (κ3) is 3.14. The summed E-state index contributed by atoms with van der Waals surface area (Å²) in [6.45, 7) is 5.17. The van der Waals surface area contributed by atoms with E-state index in [-0.39, 0.29) is 23.1 Å². The Labute approximate surface area is 116 Å². The lowest BCUT2D eigenvalue weighted by atomic mass is 10.1. The Kier molecular flexibility index (Phi) is 3.78. The van der Waals surface area contributed by atoms with Gasteiger partial charge in [0.05, 0.1) is 0 Å². The highest BCUT2D eigenvalue weighted by Crippen LogP contribution is 2.29. The minimum atomic E-state index is -3.87. The number of ether oxygens (including phenoxy) is 1. The Balaban J connectivity index is 2.35. The van der Waals surface area contributed by atoms with Gasteiger partial charge in [0.2, 0.25) is 15.9 Å². The van der Waals surface area contributed by atoms with Gasteiger partial charge < -0.3 is 9.15 Å². The molecule has 0 amide bonds. The van der Waals surface area contributed by atoms with Gasteiger partial charge in [-0.2, -0.15) is 0 Å². The molecule has 1 heterocycles. The van der Waals surface area contributed by atoms with E-state index in [9.17, 15) is 8.42 Å². The van der Waals surface area contributed by atoms with E-state index in [2.05, 4.69) is 10.2 Å². The first-order valence-corrected chi connectivity index (χ1v) is 7.38. The van der Waals surface area contributed by atoms with E-state index in [1.807, 2.05) is 6.07 Å². The predicted molar refractivity (Wildman–Crippen MR) is 70.7 cm³/mol. The minimum absolute atomic E-state index is 0.0206. The normalized spacial score (nSPS) is 11.6. The SMILES string of the molecule is Cc1cc(C)c(OCc2nnc(C)o2)c(S(N)(=O)=O)c1. The summed E-state index contributed by atoms with van der Waals surface area (Å²) in [6.07, 6.45) is 0. The molecule has 0 saturated carbocycles. The van der Waals surface area contributed by atoms with Crippen molar-refractivity contribution >= 4 is 10.0 Å². The molecule has 0 unspecified atom stereocenters. The molecule has 0 radical (unpaired) electrons. The van der Waals surface area contributed by atoms with Gasteiger partial charge in [0, 0.05) is 6.92 Å². The van der Waals surface area contributed by atoms with Crippen LogP contribution in [-0.4, -0.2) is 18.6 Å². The highest BCUT2D eigenvalue weighted by atomic mass is 32.2. The quantitative estimate of drug-likeness (QED) is 0.909. The average molecular weight is 297 g/mol. The molecule has 1 aromatic carbocycles. The van der Waals surface area contributed by atoms with Crippen LogP contribution in [0.2, 0.25) is 0 Å². The Morgan fingerprint density at radius 3 is 2.50 bits per heavy atom. The van der Waals surface area contributed by atoms with Crippen LogP contribution in [0.3, 0.4) is 0 Å². The molecule has 0 fully saturated rings. The Bertz CT molecular complexity index is 737. The van der Waals surface area contributed by atoms with Gasteiger partial charge in [-0.25, -0.2) is 13.6 Å². The molecule has 20 heavy (non-hydrogen) atoms. The molecule has 0 atom stereocenters. The van der Waals surface area contributed by atoms with Crippen molar-refractivity contribution in [1.29, 1.82) is 0 Å². The lowest BCUT2D eigenvalue weighted by Gasteiger charge is -2.12. The number of nitrogens with zero attached hydrogens (tertiary/aromatic N) is 2. The Morgan fingerprint density at radius 2 is 1.95 bits per heavy atom. The van der Waals surface area contributed by atoms with E-state index in [1.165, 1.54) is 6.07 Å². The highest BCUT2D eigenvalue weighted by molar-refractivity contribution is 7.89. The third-order valence-corrected chi connectivity index (χ3v) is 3.52. The first kappa shape index (κ1) is 14.5. The number of aryl methyl sites for hydroxylation is 3. The third-order valence-electron chi connectivity index (χ3n) is 2.60. The summed E-state index contributed by atoms with van der Waals surface area (Å²) in [7, 11) is -3.87. The van der Waals surface area contributed by atoms with Crippen LogP contribution in [0.5, 0.6) is 5.75 Å². The van der Waals surface area contributed by atoms with Gasteiger partial charge in [-0.05, 0) is 31.0 Å². The summed E-state index contributed by atoms with van der Waals surface area (Å²) in [4.78, 5) is -0.0498. The molecule has 8 heteroatoms. The monoisotopic (exact) mass is 297 g/mol. The van der Waals surface area contributed by atoms with Crippen molar-refractivity contribution in [2.24, 2.45) is 5.14 Å². The van der Waals surface area contributed by atoms with Crippen LogP contribution < -0.4 is 9.88 Å². The summed E-state index contributed by atoms with van der Waals surface area (Å²) in [5, 5.41) is 12.7. The minimum Gasteiger partial charge on any atom is -0.482 e. The number of primary sulfonamides is 1. The Morgan fingerprint density at radius 1 is 1.25 bits per heavy atom. The second-order valence-corrected chi connectivity index (χ2v) is 5.99. The van der Waals surface area contributed by atoms with E-state index in [4.69, 9.17) is 14.3 Å².